The predicted octanol–water partition coefficient (Wildman–Crippen LogP) is 1.46. The van der Waals surface area contributed by atoms with Crippen molar-refractivity contribution in [3.63, 3.8) is 0 Å². The normalized spacial score (nSPS) is 10.8. The molecule has 0 unspecified atom stereocenters. The van der Waals surface area contributed by atoms with E-state index >= 15 is 0 Å². The molecule has 19 heavy (non-hydrogen) atoms. The highest BCUT2D eigenvalue weighted by Gasteiger charge is 2.18. The smallest absolute Gasteiger partial charge is 0.271 e. The van der Waals surface area contributed by atoms with Gasteiger partial charge in [0, 0.05) is 19.2 Å². The molecule has 2 aromatic rings. The lowest BCUT2D eigenvalue weighted by molar-refractivity contribution is 0.415. The van der Waals surface area contributed by atoms with Crippen molar-refractivity contribution in [2.75, 3.05) is 7.11 Å². The fraction of sp³-hybridized carbons (Fsp3) is 0.357. The van der Waals surface area contributed by atoms with E-state index in [1.807, 2.05) is 19.9 Å². The largest absolute Gasteiger partial charge is 0.496 e. The molecule has 0 fully saturated rings. The van der Waals surface area contributed by atoms with Crippen molar-refractivity contribution in [3.8, 4) is 17.0 Å². The third-order valence-corrected chi connectivity index (χ3v) is 3.26. The molecule has 5 nitrogen and oxygen atoms in total. The highest BCUT2D eigenvalue weighted by atomic mass is 16.5. The zero-order chi connectivity index (χ0) is 14.2. The first-order valence-electron chi connectivity index (χ1n) is 6.13. The zero-order valence-electron chi connectivity index (χ0n) is 11.7. The molecule has 0 spiro atoms. The van der Waals surface area contributed by atoms with Gasteiger partial charge in [-0.05, 0) is 31.0 Å². The molecule has 1 aromatic carbocycles. The van der Waals surface area contributed by atoms with Gasteiger partial charge in [0.2, 0.25) is 0 Å². The Kier molecular flexibility index (Phi) is 3.48. The van der Waals surface area contributed by atoms with E-state index in [4.69, 9.17) is 10.5 Å². The van der Waals surface area contributed by atoms with Crippen molar-refractivity contribution in [1.29, 1.82) is 0 Å². The molecule has 0 radical (unpaired) electrons. The quantitative estimate of drug-likeness (QED) is 0.878. The molecule has 0 bridgehead atoms. The van der Waals surface area contributed by atoms with Gasteiger partial charge in [0.15, 0.2) is 0 Å². The first kappa shape index (κ1) is 13.4. The van der Waals surface area contributed by atoms with Gasteiger partial charge in [-0.2, -0.15) is 0 Å². The maximum atomic E-state index is 12.0. The molecular weight excluding hydrogens is 242 g/mol. The van der Waals surface area contributed by atoms with Crippen LogP contribution in [0.1, 0.15) is 16.7 Å². The molecular formula is C14H19N3O2. The Labute approximate surface area is 112 Å². The summed E-state index contributed by atoms with van der Waals surface area (Å²) in [6.07, 6.45) is 0. The number of nitrogens with zero attached hydrogens (tertiary/aromatic N) is 1. The maximum Gasteiger partial charge on any atom is 0.271 e. The van der Waals surface area contributed by atoms with Crippen molar-refractivity contribution in [3.05, 3.63) is 39.2 Å². The van der Waals surface area contributed by atoms with Crippen LogP contribution >= 0.6 is 0 Å². The molecule has 102 valence electrons. The highest BCUT2D eigenvalue weighted by Crippen LogP contribution is 2.34. The van der Waals surface area contributed by atoms with Gasteiger partial charge in [-0.15, -0.1) is 0 Å². The Morgan fingerprint density at radius 3 is 2.63 bits per heavy atom. The first-order valence-corrected chi connectivity index (χ1v) is 6.13. The van der Waals surface area contributed by atoms with Crippen LogP contribution in [0.5, 0.6) is 5.75 Å². The summed E-state index contributed by atoms with van der Waals surface area (Å²) in [6, 6.07) is 4.01. The summed E-state index contributed by atoms with van der Waals surface area (Å²) in [7, 11) is 3.31. The van der Waals surface area contributed by atoms with Crippen LogP contribution in [-0.4, -0.2) is 16.9 Å². The second-order valence-electron chi connectivity index (χ2n) is 4.69. The number of aromatic amines is 1. The van der Waals surface area contributed by atoms with Gasteiger partial charge in [0.1, 0.15) is 5.75 Å². The minimum Gasteiger partial charge on any atom is -0.496 e. The van der Waals surface area contributed by atoms with E-state index < -0.39 is 0 Å². The van der Waals surface area contributed by atoms with E-state index in [0.29, 0.717) is 5.56 Å². The van der Waals surface area contributed by atoms with E-state index in [2.05, 4.69) is 11.2 Å². The topological polar surface area (TPSA) is 73.0 Å². The molecule has 0 aliphatic heterocycles. The van der Waals surface area contributed by atoms with Gasteiger partial charge < -0.3 is 10.5 Å². The average Bonchev–Trinajstić information content (AvgIpc) is 2.63. The van der Waals surface area contributed by atoms with Crippen LogP contribution in [0, 0.1) is 13.8 Å². The minimum absolute atomic E-state index is 0.0977. The van der Waals surface area contributed by atoms with Gasteiger partial charge in [0.25, 0.3) is 5.56 Å². The van der Waals surface area contributed by atoms with E-state index in [0.717, 1.165) is 28.1 Å². The molecule has 1 heterocycles. The Balaban J connectivity index is 2.79. The highest BCUT2D eigenvalue weighted by molar-refractivity contribution is 5.74. The summed E-state index contributed by atoms with van der Waals surface area (Å²) in [5.74, 6) is 0.744. The average molecular weight is 261 g/mol. The molecule has 0 atom stereocenters. The van der Waals surface area contributed by atoms with Gasteiger partial charge in [-0.3, -0.25) is 14.6 Å². The number of nitrogens with two attached hydrogens (primary N) is 1. The predicted molar refractivity (Wildman–Crippen MR) is 75.4 cm³/mol. The number of rotatable bonds is 3. The zero-order valence-corrected chi connectivity index (χ0v) is 11.7. The van der Waals surface area contributed by atoms with Crippen LogP contribution in [0.3, 0.4) is 0 Å². The fourth-order valence-electron chi connectivity index (χ4n) is 2.40. The number of benzene rings is 1. The van der Waals surface area contributed by atoms with Crippen molar-refractivity contribution in [1.82, 2.24) is 9.78 Å². The van der Waals surface area contributed by atoms with Crippen LogP contribution < -0.4 is 16.0 Å². The molecule has 1 aromatic heterocycles. The van der Waals surface area contributed by atoms with E-state index in [1.54, 1.807) is 14.2 Å². The SMILES string of the molecule is COc1cc(C)cc(C)c1-c1[nH]n(C)c(=O)c1CN. The Hall–Kier alpha value is -2.01. The molecule has 5 heteroatoms. The molecule has 0 saturated carbocycles. The fourth-order valence-corrected chi connectivity index (χ4v) is 2.40. The number of hydrogen-bond acceptors (Lipinski definition) is 3. The number of ether oxygens (including phenoxy) is 1. The second kappa shape index (κ2) is 4.93. The van der Waals surface area contributed by atoms with Gasteiger partial charge in [0.05, 0.1) is 18.4 Å². The standard InChI is InChI=1S/C14H19N3O2/c1-8-5-9(2)12(11(6-8)19-4)13-10(7-15)14(18)17(3)16-13/h5-6,16H,7,15H2,1-4H3. The lowest BCUT2D eigenvalue weighted by Gasteiger charge is -2.12. The molecule has 0 aliphatic rings. The molecule has 0 saturated heterocycles. The first-order chi connectivity index (χ1) is 8.99. The summed E-state index contributed by atoms with van der Waals surface area (Å²) in [6.45, 7) is 4.20. The lowest BCUT2D eigenvalue weighted by Crippen LogP contribution is -2.17. The number of H-pyrrole nitrogens is 1. The number of methoxy groups -OCH3 is 1. The van der Waals surface area contributed by atoms with E-state index in [-0.39, 0.29) is 12.1 Å². The number of hydrogen-bond donors (Lipinski definition) is 2. The summed E-state index contributed by atoms with van der Waals surface area (Å²) in [4.78, 5) is 12.0. The van der Waals surface area contributed by atoms with Crippen molar-refractivity contribution in [2.24, 2.45) is 12.8 Å². The van der Waals surface area contributed by atoms with Crippen molar-refractivity contribution >= 4 is 0 Å². The third-order valence-electron chi connectivity index (χ3n) is 3.26. The Morgan fingerprint density at radius 2 is 2.05 bits per heavy atom. The monoisotopic (exact) mass is 261 g/mol. The molecule has 0 aliphatic carbocycles. The van der Waals surface area contributed by atoms with Crippen LogP contribution in [0.2, 0.25) is 0 Å². The van der Waals surface area contributed by atoms with E-state index in [9.17, 15) is 4.79 Å². The van der Waals surface area contributed by atoms with Crippen molar-refractivity contribution < 1.29 is 4.74 Å². The van der Waals surface area contributed by atoms with Crippen molar-refractivity contribution in [2.45, 2.75) is 20.4 Å². The number of aromatic nitrogens is 2. The van der Waals surface area contributed by atoms with Crippen LogP contribution in [0.4, 0.5) is 0 Å². The molecule has 0 amide bonds. The minimum atomic E-state index is -0.0977. The lowest BCUT2D eigenvalue weighted by atomic mass is 9.99. The molecule has 2 rings (SSSR count). The van der Waals surface area contributed by atoms with Gasteiger partial charge >= 0.3 is 0 Å². The van der Waals surface area contributed by atoms with Gasteiger partial charge in [-0.1, -0.05) is 6.07 Å². The Morgan fingerprint density at radius 1 is 1.37 bits per heavy atom. The Bertz CT molecular complexity index is 668. The maximum absolute atomic E-state index is 12.0. The van der Waals surface area contributed by atoms with E-state index in [1.165, 1.54) is 4.68 Å². The summed E-state index contributed by atoms with van der Waals surface area (Å²) >= 11 is 0. The van der Waals surface area contributed by atoms with Crippen LogP contribution in [0.15, 0.2) is 16.9 Å². The third kappa shape index (κ3) is 2.17. The van der Waals surface area contributed by atoms with Crippen LogP contribution in [0.25, 0.3) is 11.3 Å². The summed E-state index contributed by atoms with van der Waals surface area (Å²) in [5, 5.41) is 3.06. The summed E-state index contributed by atoms with van der Waals surface area (Å²) < 4.78 is 6.88. The number of aryl methyl sites for hydroxylation is 3. The second-order valence-corrected chi connectivity index (χ2v) is 4.69. The van der Waals surface area contributed by atoms with Gasteiger partial charge in [-0.25, -0.2) is 0 Å². The van der Waals surface area contributed by atoms with Crippen LogP contribution in [-0.2, 0) is 13.6 Å². The summed E-state index contributed by atoms with van der Waals surface area (Å²) in [5.41, 5.74) is 9.98. The number of nitrogens with one attached hydrogen (secondary N) is 1. The molecule has 3 N–H and O–H groups in total.